The van der Waals surface area contributed by atoms with Crippen molar-refractivity contribution in [1.29, 1.82) is 0 Å². The highest BCUT2D eigenvalue weighted by atomic mass is 35.5. The molecule has 0 aromatic heterocycles. The third-order valence-electron chi connectivity index (χ3n) is 4.54. The van der Waals surface area contributed by atoms with Gasteiger partial charge in [-0.25, -0.2) is 10.9 Å². The number of carbonyl (C=O) groups excluding carboxylic acids is 1. The molecule has 2 aromatic carbocycles. The zero-order chi connectivity index (χ0) is 20.1. The van der Waals surface area contributed by atoms with E-state index in [2.05, 4.69) is 16.2 Å². The Morgan fingerprint density at radius 1 is 1.14 bits per heavy atom. The molecule has 1 aliphatic rings. The highest BCUT2D eigenvalue weighted by molar-refractivity contribution is 6.32. The van der Waals surface area contributed by atoms with Gasteiger partial charge in [0.25, 0.3) is 0 Å². The van der Waals surface area contributed by atoms with Gasteiger partial charge in [0.15, 0.2) is 0 Å². The van der Waals surface area contributed by atoms with E-state index in [1.54, 1.807) is 12.1 Å². The lowest BCUT2D eigenvalue weighted by Crippen LogP contribution is -2.39. The molecule has 1 heterocycles. The van der Waals surface area contributed by atoms with Crippen LogP contribution in [0.4, 0.5) is 5.69 Å². The largest absolute Gasteiger partial charge is 0.495 e. The number of halogens is 1. The van der Waals surface area contributed by atoms with Crippen LogP contribution in [0, 0.1) is 0 Å². The Morgan fingerprint density at radius 3 is 2.50 bits per heavy atom. The quantitative estimate of drug-likeness (QED) is 0.655. The highest BCUT2D eigenvalue weighted by Gasteiger charge is 2.30. The highest BCUT2D eigenvalue weighted by Crippen LogP contribution is 2.36. The number of hydrogen-bond acceptors (Lipinski definition) is 6. The Hall–Kier alpha value is -2.48. The zero-order valence-corrected chi connectivity index (χ0v) is 16.8. The summed E-state index contributed by atoms with van der Waals surface area (Å²) in [5, 5.41) is 3.26. The summed E-state index contributed by atoms with van der Waals surface area (Å²) in [6, 6.07) is 10.7. The monoisotopic (exact) mass is 405 g/mol. The zero-order valence-electron chi connectivity index (χ0n) is 16.0. The van der Waals surface area contributed by atoms with Crippen molar-refractivity contribution in [1.82, 2.24) is 10.9 Å². The first kappa shape index (κ1) is 20.3. The summed E-state index contributed by atoms with van der Waals surface area (Å²) < 4.78 is 16.0. The van der Waals surface area contributed by atoms with Gasteiger partial charge >= 0.3 is 0 Å². The van der Waals surface area contributed by atoms with Gasteiger partial charge in [-0.3, -0.25) is 4.79 Å². The Bertz CT molecular complexity index is 829. The van der Waals surface area contributed by atoms with Gasteiger partial charge in [-0.05, 0) is 37.1 Å². The van der Waals surface area contributed by atoms with Gasteiger partial charge in [0, 0.05) is 12.1 Å². The molecule has 150 valence electrons. The van der Waals surface area contributed by atoms with Crippen LogP contribution >= 0.6 is 11.6 Å². The fourth-order valence-electron chi connectivity index (χ4n) is 3.09. The lowest BCUT2D eigenvalue weighted by atomic mass is 10.0. The molecule has 28 heavy (non-hydrogen) atoms. The number of hydrazine groups is 1. The maximum absolute atomic E-state index is 12.7. The first-order valence-electron chi connectivity index (χ1n) is 9.02. The molecule has 1 aliphatic heterocycles. The van der Waals surface area contributed by atoms with Gasteiger partial charge in [-0.2, -0.15) is 0 Å². The lowest BCUT2D eigenvalue weighted by Gasteiger charge is -2.15. The van der Waals surface area contributed by atoms with Crippen molar-refractivity contribution in [2.24, 2.45) is 0 Å². The molecule has 2 aromatic rings. The summed E-state index contributed by atoms with van der Waals surface area (Å²) in [5.74, 6) is 1.60. The number of carbonyl (C=O) groups is 1. The molecule has 0 radical (unpaired) electrons. The number of methoxy groups -OCH3 is 2. The van der Waals surface area contributed by atoms with E-state index in [4.69, 9.17) is 25.8 Å². The fourth-order valence-corrected chi connectivity index (χ4v) is 3.33. The van der Waals surface area contributed by atoms with Crippen molar-refractivity contribution in [3.8, 4) is 17.2 Å². The summed E-state index contributed by atoms with van der Waals surface area (Å²) in [4.78, 5) is 12.7. The van der Waals surface area contributed by atoms with Crippen molar-refractivity contribution >= 4 is 23.2 Å². The average Bonchev–Trinajstić information content (AvgIpc) is 3.19. The maximum Gasteiger partial charge on any atom is 0.243 e. The molecule has 0 spiro atoms. The molecule has 2 unspecified atom stereocenters. The van der Waals surface area contributed by atoms with Crippen molar-refractivity contribution in [3.63, 3.8) is 0 Å². The number of amides is 1. The Kier molecular flexibility index (Phi) is 6.61. The summed E-state index contributed by atoms with van der Waals surface area (Å²) in [5.41, 5.74) is 7.79. The Morgan fingerprint density at radius 2 is 1.86 bits per heavy atom. The molecular weight excluding hydrogens is 382 g/mol. The lowest BCUT2D eigenvalue weighted by molar-refractivity contribution is -0.117. The van der Waals surface area contributed by atoms with Crippen LogP contribution in [-0.4, -0.2) is 32.8 Å². The standard InChI is InChI=1S/C20H24ClN3O4/c1-4-28-13-7-5-12(6-8-13)15-10-17(24-23-15)20(25)22-16-9-14(21)18(26-2)11-19(16)27-3/h5-9,11,15,17,23-24H,4,10H2,1-3H3,(H,22,25). The van der Waals surface area contributed by atoms with Gasteiger partial charge in [-0.1, -0.05) is 23.7 Å². The van der Waals surface area contributed by atoms with Crippen LogP contribution < -0.4 is 30.4 Å². The summed E-state index contributed by atoms with van der Waals surface area (Å²) in [7, 11) is 3.05. The van der Waals surface area contributed by atoms with Crippen LogP contribution in [-0.2, 0) is 4.79 Å². The number of benzene rings is 2. The van der Waals surface area contributed by atoms with Crippen LogP contribution in [0.15, 0.2) is 36.4 Å². The fraction of sp³-hybridized carbons (Fsp3) is 0.350. The normalized spacial score (nSPS) is 18.6. The van der Waals surface area contributed by atoms with E-state index in [-0.39, 0.29) is 11.9 Å². The minimum Gasteiger partial charge on any atom is -0.495 e. The molecule has 0 saturated carbocycles. The third kappa shape index (κ3) is 4.49. The molecule has 3 N–H and O–H groups in total. The van der Waals surface area contributed by atoms with E-state index >= 15 is 0 Å². The van der Waals surface area contributed by atoms with Gasteiger partial charge in [0.05, 0.1) is 31.5 Å². The molecule has 1 amide bonds. The van der Waals surface area contributed by atoms with Crippen LogP contribution in [0.2, 0.25) is 5.02 Å². The molecule has 3 rings (SSSR count). The SMILES string of the molecule is CCOc1ccc(C2CC(C(=O)Nc3cc(Cl)c(OC)cc3OC)NN2)cc1. The predicted molar refractivity (Wildman–Crippen MR) is 108 cm³/mol. The van der Waals surface area contributed by atoms with Gasteiger partial charge in [-0.15, -0.1) is 0 Å². The number of ether oxygens (including phenoxy) is 3. The number of hydrogen-bond donors (Lipinski definition) is 3. The molecule has 2 atom stereocenters. The van der Waals surface area contributed by atoms with Gasteiger partial charge < -0.3 is 19.5 Å². The molecule has 1 fully saturated rings. The van der Waals surface area contributed by atoms with Crippen molar-refractivity contribution in [2.75, 3.05) is 26.1 Å². The smallest absolute Gasteiger partial charge is 0.243 e. The van der Waals surface area contributed by atoms with E-state index in [1.165, 1.54) is 14.2 Å². The summed E-state index contributed by atoms with van der Waals surface area (Å²) in [6.07, 6.45) is 0.603. The molecule has 0 aliphatic carbocycles. The van der Waals surface area contributed by atoms with Crippen LogP contribution in [0.1, 0.15) is 24.9 Å². The van der Waals surface area contributed by atoms with E-state index < -0.39 is 6.04 Å². The van der Waals surface area contributed by atoms with Crippen molar-refractivity contribution in [3.05, 3.63) is 47.0 Å². The number of nitrogens with one attached hydrogen (secondary N) is 3. The van der Waals surface area contributed by atoms with E-state index in [1.807, 2.05) is 31.2 Å². The second-order valence-electron chi connectivity index (χ2n) is 6.31. The van der Waals surface area contributed by atoms with Crippen molar-refractivity contribution in [2.45, 2.75) is 25.4 Å². The Balaban J connectivity index is 1.65. The minimum atomic E-state index is -0.401. The molecule has 8 heteroatoms. The number of anilines is 1. The van der Waals surface area contributed by atoms with Crippen LogP contribution in [0.5, 0.6) is 17.2 Å². The van der Waals surface area contributed by atoms with E-state index in [9.17, 15) is 4.79 Å². The van der Waals surface area contributed by atoms with E-state index in [0.29, 0.717) is 35.2 Å². The molecule has 7 nitrogen and oxygen atoms in total. The molecule has 1 saturated heterocycles. The average molecular weight is 406 g/mol. The first-order chi connectivity index (χ1) is 13.5. The summed E-state index contributed by atoms with van der Waals surface area (Å²) in [6.45, 7) is 2.58. The maximum atomic E-state index is 12.7. The first-order valence-corrected chi connectivity index (χ1v) is 9.39. The topological polar surface area (TPSA) is 80.9 Å². The molecular formula is C20H24ClN3O4. The van der Waals surface area contributed by atoms with Crippen LogP contribution in [0.25, 0.3) is 0 Å². The number of rotatable bonds is 7. The second kappa shape index (κ2) is 9.14. The van der Waals surface area contributed by atoms with Gasteiger partial charge in [0.2, 0.25) is 5.91 Å². The Labute approximate surface area is 169 Å². The minimum absolute atomic E-state index is 0.0211. The van der Waals surface area contributed by atoms with E-state index in [0.717, 1.165) is 11.3 Å². The third-order valence-corrected chi connectivity index (χ3v) is 4.84. The van der Waals surface area contributed by atoms with Gasteiger partial charge in [0.1, 0.15) is 23.3 Å². The molecule has 0 bridgehead atoms. The summed E-state index contributed by atoms with van der Waals surface area (Å²) >= 11 is 6.17. The second-order valence-corrected chi connectivity index (χ2v) is 6.72. The van der Waals surface area contributed by atoms with Crippen molar-refractivity contribution < 1.29 is 19.0 Å². The van der Waals surface area contributed by atoms with Crippen LogP contribution in [0.3, 0.4) is 0 Å². The predicted octanol–water partition coefficient (Wildman–Crippen LogP) is 3.30.